The van der Waals surface area contributed by atoms with Crippen LogP contribution in [-0.4, -0.2) is 26.0 Å². The van der Waals surface area contributed by atoms with E-state index in [0.717, 1.165) is 36.1 Å². The summed E-state index contributed by atoms with van der Waals surface area (Å²) in [6, 6.07) is 11.1. The van der Waals surface area contributed by atoms with Crippen molar-refractivity contribution in [1.82, 2.24) is 5.32 Å². The molecule has 0 bridgehead atoms. The Kier molecular flexibility index (Phi) is 6.42. The minimum Gasteiger partial charge on any atom is -0.493 e. The zero-order chi connectivity index (χ0) is 21.0. The SMILES string of the molecule is CCCCc1ccc2c(c1)C(NC(C)=O)C(=O)N2Cc1ccc(OC)c(OC)c1. The minimum atomic E-state index is -0.649. The van der Waals surface area contributed by atoms with E-state index in [-0.39, 0.29) is 11.8 Å². The van der Waals surface area contributed by atoms with Gasteiger partial charge in [-0.15, -0.1) is 0 Å². The highest BCUT2D eigenvalue weighted by molar-refractivity contribution is 6.06. The summed E-state index contributed by atoms with van der Waals surface area (Å²) in [7, 11) is 3.18. The van der Waals surface area contributed by atoms with E-state index in [0.29, 0.717) is 18.0 Å². The van der Waals surface area contributed by atoms with Gasteiger partial charge in [0.15, 0.2) is 11.5 Å². The summed E-state index contributed by atoms with van der Waals surface area (Å²) in [4.78, 5) is 26.6. The van der Waals surface area contributed by atoms with Crippen LogP contribution in [0.1, 0.15) is 49.4 Å². The van der Waals surface area contributed by atoms with Gasteiger partial charge in [0, 0.05) is 18.2 Å². The molecule has 2 aromatic carbocycles. The number of aryl methyl sites for hydroxylation is 1. The van der Waals surface area contributed by atoms with Gasteiger partial charge in [0.1, 0.15) is 6.04 Å². The predicted molar refractivity (Wildman–Crippen MR) is 112 cm³/mol. The van der Waals surface area contributed by atoms with Crippen molar-refractivity contribution in [2.75, 3.05) is 19.1 Å². The molecule has 6 nitrogen and oxygen atoms in total. The van der Waals surface area contributed by atoms with Crippen LogP contribution in [0, 0.1) is 0 Å². The normalized spacial score (nSPS) is 15.2. The summed E-state index contributed by atoms with van der Waals surface area (Å²) in [6.45, 7) is 3.98. The van der Waals surface area contributed by atoms with Gasteiger partial charge < -0.3 is 19.7 Å². The number of fused-ring (bicyclic) bond motifs is 1. The molecule has 0 aromatic heterocycles. The largest absolute Gasteiger partial charge is 0.493 e. The molecule has 1 unspecified atom stereocenters. The molecule has 3 rings (SSSR count). The number of rotatable bonds is 8. The van der Waals surface area contributed by atoms with Gasteiger partial charge in [0.05, 0.1) is 20.8 Å². The Hall–Kier alpha value is -3.02. The second-order valence-corrected chi connectivity index (χ2v) is 7.24. The van der Waals surface area contributed by atoms with Crippen LogP contribution in [0.5, 0.6) is 11.5 Å². The number of amides is 2. The van der Waals surface area contributed by atoms with Crippen molar-refractivity contribution in [2.45, 2.75) is 45.7 Å². The molecule has 1 heterocycles. The molecule has 154 valence electrons. The van der Waals surface area contributed by atoms with Gasteiger partial charge >= 0.3 is 0 Å². The van der Waals surface area contributed by atoms with Gasteiger partial charge in [-0.1, -0.05) is 31.5 Å². The predicted octanol–water partition coefficient (Wildman–Crippen LogP) is 3.77. The zero-order valence-electron chi connectivity index (χ0n) is 17.5. The lowest BCUT2D eigenvalue weighted by atomic mass is 10.0. The monoisotopic (exact) mass is 396 g/mol. The number of carbonyl (C=O) groups is 2. The third-order valence-electron chi connectivity index (χ3n) is 5.16. The van der Waals surface area contributed by atoms with Gasteiger partial charge in [-0.3, -0.25) is 9.59 Å². The zero-order valence-corrected chi connectivity index (χ0v) is 17.5. The average Bonchev–Trinajstić information content (AvgIpc) is 2.97. The Labute approximate surface area is 171 Å². The summed E-state index contributed by atoms with van der Waals surface area (Å²) in [5.41, 5.74) is 3.80. The standard InChI is InChI=1S/C23H28N2O4/c1-5-6-7-16-8-10-19-18(12-16)22(24-15(2)26)23(27)25(19)14-17-9-11-20(28-3)21(13-17)29-4/h8-13,22H,5-7,14H2,1-4H3,(H,24,26). The maximum Gasteiger partial charge on any atom is 0.254 e. The number of nitrogens with zero attached hydrogens (tertiary/aromatic N) is 1. The molecule has 0 saturated heterocycles. The number of hydrogen-bond acceptors (Lipinski definition) is 4. The van der Waals surface area contributed by atoms with E-state index in [1.54, 1.807) is 19.1 Å². The Bertz CT molecular complexity index is 910. The molecular formula is C23H28N2O4. The van der Waals surface area contributed by atoms with Crippen molar-refractivity contribution in [3.05, 3.63) is 53.1 Å². The summed E-state index contributed by atoms with van der Waals surface area (Å²) in [6.07, 6.45) is 3.16. The van der Waals surface area contributed by atoms with Crippen molar-refractivity contribution in [1.29, 1.82) is 0 Å². The minimum absolute atomic E-state index is 0.127. The Morgan fingerprint density at radius 1 is 1.07 bits per heavy atom. The second-order valence-electron chi connectivity index (χ2n) is 7.24. The summed E-state index contributed by atoms with van der Waals surface area (Å²) < 4.78 is 10.7. The van der Waals surface area contributed by atoms with E-state index in [4.69, 9.17) is 9.47 Å². The van der Waals surface area contributed by atoms with Gasteiger partial charge in [-0.05, 0) is 42.2 Å². The van der Waals surface area contributed by atoms with E-state index in [1.807, 2.05) is 24.3 Å². The Morgan fingerprint density at radius 2 is 1.79 bits per heavy atom. The maximum atomic E-state index is 13.2. The van der Waals surface area contributed by atoms with E-state index in [1.165, 1.54) is 12.5 Å². The first-order chi connectivity index (χ1) is 14.0. The lowest BCUT2D eigenvalue weighted by Gasteiger charge is -2.19. The van der Waals surface area contributed by atoms with Crippen LogP contribution >= 0.6 is 0 Å². The average molecular weight is 396 g/mol. The number of unbranched alkanes of at least 4 members (excludes halogenated alkanes) is 1. The van der Waals surface area contributed by atoms with Crippen LogP contribution in [0.4, 0.5) is 5.69 Å². The highest BCUT2D eigenvalue weighted by Crippen LogP contribution is 2.38. The second kappa shape index (κ2) is 8.99. The van der Waals surface area contributed by atoms with Crippen LogP contribution in [0.15, 0.2) is 36.4 Å². The van der Waals surface area contributed by atoms with Gasteiger partial charge in [-0.25, -0.2) is 0 Å². The Morgan fingerprint density at radius 3 is 2.45 bits per heavy atom. The van der Waals surface area contributed by atoms with Crippen molar-refractivity contribution in [3.63, 3.8) is 0 Å². The summed E-state index contributed by atoms with van der Waals surface area (Å²) in [5, 5.41) is 2.81. The maximum absolute atomic E-state index is 13.2. The number of methoxy groups -OCH3 is 2. The van der Waals surface area contributed by atoms with Crippen molar-refractivity contribution in [3.8, 4) is 11.5 Å². The van der Waals surface area contributed by atoms with E-state index >= 15 is 0 Å². The van der Waals surface area contributed by atoms with Gasteiger partial charge in [-0.2, -0.15) is 0 Å². The molecule has 29 heavy (non-hydrogen) atoms. The number of ether oxygens (including phenoxy) is 2. The highest BCUT2D eigenvalue weighted by Gasteiger charge is 2.38. The number of nitrogens with one attached hydrogen (secondary N) is 1. The first kappa shape index (κ1) is 20.7. The molecule has 0 spiro atoms. The summed E-state index contributed by atoms with van der Waals surface area (Å²) >= 11 is 0. The Balaban J connectivity index is 1.94. The van der Waals surface area contributed by atoms with Crippen LogP contribution in [0.25, 0.3) is 0 Å². The van der Waals surface area contributed by atoms with E-state index in [9.17, 15) is 9.59 Å². The molecule has 2 amide bonds. The number of carbonyl (C=O) groups excluding carboxylic acids is 2. The first-order valence-electron chi connectivity index (χ1n) is 9.90. The topological polar surface area (TPSA) is 67.9 Å². The third kappa shape index (κ3) is 4.36. The fraction of sp³-hybridized carbons (Fsp3) is 0.391. The van der Waals surface area contributed by atoms with Crippen molar-refractivity contribution in [2.24, 2.45) is 0 Å². The highest BCUT2D eigenvalue weighted by atomic mass is 16.5. The molecule has 0 radical (unpaired) electrons. The molecule has 0 saturated carbocycles. The van der Waals surface area contributed by atoms with E-state index < -0.39 is 6.04 Å². The number of benzene rings is 2. The fourth-order valence-electron chi connectivity index (χ4n) is 3.69. The smallest absolute Gasteiger partial charge is 0.254 e. The molecular weight excluding hydrogens is 368 g/mol. The van der Waals surface area contributed by atoms with Crippen LogP contribution in [-0.2, 0) is 22.6 Å². The summed E-state index contributed by atoms with van der Waals surface area (Å²) in [5.74, 6) is 0.908. The molecule has 0 aliphatic carbocycles. The molecule has 2 aromatic rings. The van der Waals surface area contributed by atoms with Crippen molar-refractivity contribution < 1.29 is 19.1 Å². The lowest BCUT2D eigenvalue weighted by Crippen LogP contribution is -2.36. The molecule has 0 fully saturated rings. The van der Waals surface area contributed by atoms with Crippen molar-refractivity contribution >= 4 is 17.5 Å². The third-order valence-corrected chi connectivity index (χ3v) is 5.16. The molecule has 1 atom stereocenters. The first-order valence-corrected chi connectivity index (χ1v) is 9.90. The molecule has 1 aliphatic heterocycles. The van der Waals surface area contributed by atoms with Gasteiger partial charge in [0.2, 0.25) is 5.91 Å². The fourth-order valence-corrected chi connectivity index (χ4v) is 3.69. The number of anilines is 1. The van der Waals surface area contributed by atoms with Crippen LogP contribution in [0.3, 0.4) is 0 Å². The molecule has 1 aliphatic rings. The van der Waals surface area contributed by atoms with E-state index in [2.05, 4.69) is 24.4 Å². The van der Waals surface area contributed by atoms with Gasteiger partial charge in [0.25, 0.3) is 5.91 Å². The molecule has 6 heteroatoms. The molecule has 1 N–H and O–H groups in total. The van der Waals surface area contributed by atoms with Crippen LogP contribution in [0.2, 0.25) is 0 Å². The van der Waals surface area contributed by atoms with Crippen LogP contribution < -0.4 is 19.7 Å². The number of hydrogen-bond donors (Lipinski definition) is 1. The lowest BCUT2D eigenvalue weighted by molar-refractivity contribution is -0.126. The quantitative estimate of drug-likeness (QED) is 0.738.